The van der Waals surface area contributed by atoms with Crippen LogP contribution >= 0.6 is 0 Å². The monoisotopic (exact) mass is 270 g/mol. The Kier molecular flexibility index (Phi) is 4.28. The highest BCUT2D eigenvalue weighted by Crippen LogP contribution is 2.19. The summed E-state index contributed by atoms with van der Waals surface area (Å²) in [6.07, 6.45) is 3.61. The standard InChI is InChI=1S/C17H22N2O/c1-2-18-16(17-8-5-11-20-17)12-14-10-9-13-6-3-4-7-15(13)19-14/h3-4,6-7,9-10,16-18H,2,5,8,11-12H2,1H3. The molecule has 2 heterocycles. The highest BCUT2D eigenvalue weighted by molar-refractivity contribution is 5.78. The van der Waals surface area contributed by atoms with Crippen molar-refractivity contribution in [3.8, 4) is 0 Å². The molecule has 1 N–H and O–H groups in total. The van der Waals surface area contributed by atoms with E-state index >= 15 is 0 Å². The minimum Gasteiger partial charge on any atom is -0.377 e. The lowest BCUT2D eigenvalue weighted by Crippen LogP contribution is -2.41. The van der Waals surface area contributed by atoms with Gasteiger partial charge >= 0.3 is 0 Å². The number of pyridine rings is 1. The number of nitrogens with one attached hydrogen (secondary N) is 1. The molecule has 0 amide bonds. The lowest BCUT2D eigenvalue weighted by molar-refractivity contribution is 0.0786. The van der Waals surface area contributed by atoms with Crippen LogP contribution in [0.1, 0.15) is 25.5 Å². The van der Waals surface area contributed by atoms with Crippen molar-refractivity contribution < 1.29 is 4.74 Å². The van der Waals surface area contributed by atoms with Crippen molar-refractivity contribution in [1.29, 1.82) is 0 Å². The molecule has 2 aromatic rings. The highest BCUT2D eigenvalue weighted by Gasteiger charge is 2.25. The van der Waals surface area contributed by atoms with Crippen LogP contribution in [0.5, 0.6) is 0 Å². The van der Waals surface area contributed by atoms with Crippen LogP contribution in [-0.2, 0) is 11.2 Å². The maximum absolute atomic E-state index is 5.84. The van der Waals surface area contributed by atoms with Gasteiger partial charge in [-0.2, -0.15) is 0 Å². The third-order valence-electron chi connectivity index (χ3n) is 3.97. The number of fused-ring (bicyclic) bond motifs is 1. The smallest absolute Gasteiger partial charge is 0.0732 e. The predicted molar refractivity (Wildman–Crippen MR) is 81.9 cm³/mol. The SMILES string of the molecule is CCNC(Cc1ccc2ccccc2n1)C1CCCO1. The lowest BCUT2D eigenvalue weighted by Gasteiger charge is -2.23. The number of likely N-dealkylation sites (N-methyl/N-ethyl adjacent to an activating group) is 1. The van der Waals surface area contributed by atoms with Gasteiger partial charge in [-0.3, -0.25) is 4.98 Å². The molecule has 106 valence electrons. The number of hydrogen-bond acceptors (Lipinski definition) is 3. The molecule has 3 rings (SSSR count). The molecule has 1 aliphatic heterocycles. The van der Waals surface area contributed by atoms with Crippen LogP contribution in [-0.4, -0.2) is 30.3 Å². The Bertz CT molecular complexity index is 564. The Morgan fingerprint density at radius 3 is 3.00 bits per heavy atom. The molecular formula is C17H22N2O. The van der Waals surface area contributed by atoms with Crippen molar-refractivity contribution in [1.82, 2.24) is 10.3 Å². The van der Waals surface area contributed by atoms with E-state index in [1.165, 1.54) is 11.8 Å². The summed E-state index contributed by atoms with van der Waals surface area (Å²) in [6, 6.07) is 13.0. The van der Waals surface area contributed by atoms with Gasteiger partial charge in [0, 0.05) is 30.1 Å². The van der Waals surface area contributed by atoms with Crippen LogP contribution in [0.15, 0.2) is 36.4 Å². The van der Waals surface area contributed by atoms with Crippen molar-refractivity contribution >= 4 is 10.9 Å². The molecule has 3 nitrogen and oxygen atoms in total. The van der Waals surface area contributed by atoms with E-state index in [4.69, 9.17) is 9.72 Å². The van der Waals surface area contributed by atoms with Gasteiger partial charge < -0.3 is 10.1 Å². The molecule has 1 aromatic heterocycles. The van der Waals surface area contributed by atoms with Gasteiger partial charge in [-0.15, -0.1) is 0 Å². The molecule has 20 heavy (non-hydrogen) atoms. The van der Waals surface area contributed by atoms with Gasteiger partial charge in [0.1, 0.15) is 0 Å². The molecule has 0 radical (unpaired) electrons. The number of aromatic nitrogens is 1. The summed E-state index contributed by atoms with van der Waals surface area (Å²) in [5.74, 6) is 0. The fraction of sp³-hybridized carbons (Fsp3) is 0.471. The molecule has 0 spiro atoms. The number of rotatable bonds is 5. The summed E-state index contributed by atoms with van der Waals surface area (Å²) in [4.78, 5) is 4.77. The number of benzene rings is 1. The van der Waals surface area contributed by atoms with Gasteiger partial charge in [0.15, 0.2) is 0 Å². The van der Waals surface area contributed by atoms with E-state index in [1.54, 1.807) is 0 Å². The van der Waals surface area contributed by atoms with Crippen LogP contribution in [0.25, 0.3) is 10.9 Å². The first-order valence-electron chi connectivity index (χ1n) is 7.56. The Hall–Kier alpha value is -1.45. The average molecular weight is 270 g/mol. The van der Waals surface area contributed by atoms with E-state index < -0.39 is 0 Å². The first-order valence-corrected chi connectivity index (χ1v) is 7.56. The molecule has 0 aliphatic carbocycles. The number of nitrogens with zero attached hydrogens (tertiary/aromatic N) is 1. The van der Waals surface area contributed by atoms with E-state index in [0.717, 1.165) is 37.2 Å². The fourth-order valence-corrected chi connectivity index (χ4v) is 2.96. The third kappa shape index (κ3) is 3.00. The molecule has 2 atom stereocenters. The molecule has 0 saturated carbocycles. The summed E-state index contributed by atoms with van der Waals surface area (Å²) >= 11 is 0. The number of hydrogen-bond donors (Lipinski definition) is 1. The van der Waals surface area contributed by atoms with Gasteiger partial charge in [0.2, 0.25) is 0 Å². The molecule has 2 unspecified atom stereocenters. The minimum absolute atomic E-state index is 0.336. The van der Waals surface area contributed by atoms with Crippen molar-refractivity contribution in [2.24, 2.45) is 0 Å². The quantitative estimate of drug-likeness (QED) is 0.907. The molecule has 1 aromatic carbocycles. The van der Waals surface area contributed by atoms with Gasteiger partial charge in [0.05, 0.1) is 11.6 Å². The summed E-state index contributed by atoms with van der Waals surface area (Å²) in [7, 11) is 0. The Labute approximate surface area is 120 Å². The van der Waals surface area contributed by atoms with E-state index in [0.29, 0.717) is 12.1 Å². The second kappa shape index (κ2) is 6.33. The third-order valence-corrected chi connectivity index (χ3v) is 3.97. The van der Waals surface area contributed by atoms with Crippen molar-refractivity contribution in [2.75, 3.05) is 13.2 Å². The first-order chi connectivity index (χ1) is 9.86. The molecule has 1 aliphatic rings. The second-order valence-electron chi connectivity index (χ2n) is 5.42. The van der Waals surface area contributed by atoms with E-state index in [1.807, 2.05) is 6.07 Å². The first kappa shape index (κ1) is 13.5. The van der Waals surface area contributed by atoms with Crippen molar-refractivity contribution in [3.63, 3.8) is 0 Å². The number of para-hydroxylation sites is 1. The van der Waals surface area contributed by atoms with Crippen LogP contribution in [0.4, 0.5) is 0 Å². The minimum atomic E-state index is 0.336. The molecular weight excluding hydrogens is 248 g/mol. The van der Waals surface area contributed by atoms with Crippen molar-refractivity contribution in [3.05, 3.63) is 42.1 Å². The maximum atomic E-state index is 5.84. The fourth-order valence-electron chi connectivity index (χ4n) is 2.96. The van der Waals surface area contributed by atoms with E-state index in [-0.39, 0.29) is 0 Å². The summed E-state index contributed by atoms with van der Waals surface area (Å²) in [5.41, 5.74) is 2.22. The Morgan fingerprint density at radius 2 is 2.20 bits per heavy atom. The largest absolute Gasteiger partial charge is 0.377 e. The summed E-state index contributed by atoms with van der Waals surface area (Å²) < 4.78 is 5.84. The van der Waals surface area contributed by atoms with Gasteiger partial charge in [-0.05, 0) is 31.5 Å². The van der Waals surface area contributed by atoms with E-state index in [9.17, 15) is 0 Å². The van der Waals surface area contributed by atoms with Crippen LogP contribution in [0.2, 0.25) is 0 Å². The lowest BCUT2D eigenvalue weighted by atomic mass is 10.0. The van der Waals surface area contributed by atoms with Gasteiger partial charge in [-0.1, -0.05) is 31.2 Å². The second-order valence-corrected chi connectivity index (χ2v) is 5.42. The number of ether oxygens (including phenoxy) is 1. The maximum Gasteiger partial charge on any atom is 0.0732 e. The van der Waals surface area contributed by atoms with Crippen molar-refractivity contribution in [2.45, 2.75) is 38.3 Å². The predicted octanol–water partition coefficient (Wildman–Crippen LogP) is 2.93. The normalized spacial score (nSPS) is 20.4. The van der Waals surface area contributed by atoms with E-state index in [2.05, 4.69) is 42.6 Å². The Balaban J connectivity index is 1.78. The zero-order valence-corrected chi connectivity index (χ0v) is 12.0. The van der Waals surface area contributed by atoms with Gasteiger partial charge in [0.25, 0.3) is 0 Å². The summed E-state index contributed by atoms with van der Waals surface area (Å²) in [5, 5.41) is 4.76. The van der Waals surface area contributed by atoms with Crippen LogP contribution in [0, 0.1) is 0 Å². The molecule has 1 fully saturated rings. The van der Waals surface area contributed by atoms with Crippen LogP contribution < -0.4 is 5.32 Å². The highest BCUT2D eigenvalue weighted by atomic mass is 16.5. The van der Waals surface area contributed by atoms with Crippen LogP contribution in [0.3, 0.4) is 0 Å². The zero-order chi connectivity index (χ0) is 13.8. The molecule has 0 bridgehead atoms. The molecule has 3 heteroatoms. The topological polar surface area (TPSA) is 34.2 Å². The molecule has 1 saturated heterocycles. The average Bonchev–Trinajstić information content (AvgIpc) is 3.01. The summed E-state index contributed by atoms with van der Waals surface area (Å²) in [6.45, 7) is 4.02. The zero-order valence-electron chi connectivity index (χ0n) is 12.0. The Morgan fingerprint density at radius 1 is 1.30 bits per heavy atom. The van der Waals surface area contributed by atoms with Gasteiger partial charge in [-0.25, -0.2) is 0 Å².